The Balaban J connectivity index is 0.00000131. The summed E-state index contributed by atoms with van der Waals surface area (Å²) in [6.45, 7) is 15.0. The SMILES string of the molecule is CC1(C)Oc2c(CN3CCC4(CCNCC4)CC3)cccc2C1(C)C.Cl.Cl. The smallest absolute Gasteiger partial charge is 0.128 e. The monoisotopic (exact) mass is 414 g/mol. The van der Waals surface area contributed by atoms with Crippen molar-refractivity contribution in [3.63, 3.8) is 0 Å². The number of nitrogens with zero attached hydrogens (tertiary/aromatic N) is 1. The van der Waals surface area contributed by atoms with Crippen molar-refractivity contribution in [2.75, 3.05) is 26.2 Å². The number of hydrogen-bond acceptors (Lipinski definition) is 3. The lowest BCUT2D eigenvalue weighted by Gasteiger charge is -2.44. The van der Waals surface area contributed by atoms with Gasteiger partial charge in [-0.25, -0.2) is 0 Å². The molecule has 1 spiro atoms. The van der Waals surface area contributed by atoms with Gasteiger partial charge in [-0.1, -0.05) is 32.0 Å². The standard InChI is InChI=1S/C22H34N2O.2ClH/c1-20(2)18-7-5-6-17(19(18)25-21(20,3)4)16-24-14-10-22(11-15-24)8-12-23-13-9-22;;/h5-7,23H,8-16H2,1-4H3;2*1H. The number of ether oxygens (including phenoxy) is 1. The molecule has 5 heteroatoms. The highest BCUT2D eigenvalue weighted by Gasteiger charge is 2.48. The topological polar surface area (TPSA) is 24.5 Å². The second-order valence-corrected chi connectivity index (χ2v) is 9.56. The van der Waals surface area contributed by atoms with Gasteiger partial charge in [0.1, 0.15) is 11.4 Å². The Morgan fingerprint density at radius 3 is 2.22 bits per heavy atom. The van der Waals surface area contributed by atoms with Crippen molar-refractivity contribution in [3.8, 4) is 5.75 Å². The third-order valence-electron chi connectivity index (χ3n) is 7.61. The van der Waals surface area contributed by atoms with E-state index < -0.39 is 0 Å². The molecule has 1 aromatic rings. The molecule has 1 aromatic carbocycles. The van der Waals surface area contributed by atoms with Crippen LogP contribution in [0, 0.1) is 5.41 Å². The summed E-state index contributed by atoms with van der Waals surface area (Å²) in [5.74, 6) is 1.15. The first kappa shape index (κ1) is 22.8. The van der Waals surface area contributed by atoms with E-state index in [9.17, 15) is 0 Å². The van der Waals surface area contributed by atoms with Crippen LogP contribution in [0.1, 0.15) is 64.5 Å². The van der Waals surface area contributed by atoms with Gasteiger partial charge in [0, 0.05) is 23.1 Å². The minimum absolute atomic E-state index is 0. The average Bonchev–Trinajstić information content (AvgIpc) is 2.77. The highest BCUT2D eigenvalue weighted by Crippen LogP contribution is 2.50. The minimum Gasteiger partial charge on any atom is -0.486 e. The number of likely N-dealkylation sites (tertiary alicyclic amines) is 1. The molecule has 27 heavy (non-hydrogen) atoms. The van der Waals surface area contributed by atoms with Crippen LogP contribution < -0.4 is 10.1 Å². The van der Waals surface area contributed by atoms with Crippen molar-refractivity contribution in [1.29, 1.82) is 0 Å². The Morgan fingerprint density at radius 2 is 1.59 bits per heavy atom. The summed E-state index contributed by atoms with van der Waals surface area (Å²) in [6, 6.07) is 6.75. The van der Waals surface area contributed by atoms with Crippen molar-refractivity contribution in [3.05, 3.63) is 29.3 Å². The molecule has 2 saturated heterocycles. The second-order valence-electron chi connectivity index (χ2n) is 9.56. The minimum atomic E-state index is -0.146. The van der Waals surface area contributed by atoms with Crippen LogP contribution in [0.4, 0.5) is 0 Å². The zero-order valence-electron chi connectivity index (χ0n) is 17.3. The van der Waals surface area contributed by atoms with Crippen LogP contribution in [0.5, 0.6) is 5.75 Å². The van der Waals surface area contributed by atoms with Crippen LogP contribution in [-0.2, 0) is 12.0 Å². The second kappa shape index (κ2) is 8.10. The molecule has 0 radical (unpaired) electrons. The highest BCUT2D eigenvalue weighted by atomic mass is 35.5. The molecule has 0 aromatic heterocycles. The predicted octanol–water partition coefficient (Wildman–Crippen LogP) is 4.94. The van der Waals surface area contributed by atoms with Crippen molar-refractivity contribution < 1.29 is 4.74 Å². The molecule has 3 aliphatic rings. The van der Waals surface area contributed by atoms with Gasteiger partial charge < -0.3 is 10.1 Å². The number of fused-ring (bicyclic) bond motifs is 1. The lowest BCUT2D eigenvalue weighted by atomic mass is 9.71. The first-order valence-corrected chi connectivity index (χ1v) is 10.1. The van der Waals surface area contributed by atoms with E-state index in [0.717, 1.165) is 12.3 Å². The number of hydrogen-bond donors (Lipinski definition) is 1. The summed E-state index contributed by atoms with van der Waals surface area (Å²) < 4.78 is 6.46. The third kappa shape index (κ3) is 3.99. The number of rotatable bonds is 2. The molecule has 3 nitrogen and oxygen atoms in total. The van der Waals surface area contributed by atoms with Gasteiger partial charge in [0.2, 0.25) is 0 Å². The number of halogens is 2. The largest absolute Gasteiger partial charge is 0.486 e. The molecular weight excluding hydrogens is 379 g/mol. The molecule has 2 fully saturated rings. The van der Waals surface area contributed by atoms with Gasteiger partial charge >= 0.3 is 0 Å². The first-order valence-electron chi connectivity index (χ1n) is 10.1. The number of nitrogens with one attached hydrogen (secondary N) is 1. The van der Waals surface area contributed by atoms with Gasteiger partial charge in [0.05, 0.1) is 0 Å². The van der Waals surface area contributed by atoms with Crippen LogP contribution in [0.15, 0.2) is 18.2 Å². The molecule has 1 N–H and O–H groups in total. The van der Waals surface area contributed by atoms with E-state index >= 15 is 0 Å². The molecule has 0 unspecified atom stereocenters. The fourth-order valence-electron chi connectivity index (χ4n) is 4.91. The predicted molar refractivity (Wildman–Crippen MR) is 118 cm³/mol. The summed E-state index contributed by atoms with van der Waals surface area (Å²) in [5.41, 5.74) is 3.28. The van der Waals surface area contributed by atoms with Crippen LogP contribution in [0.25, 0.3) is 0 Å². The third-order valence-corrected chi connectivity index (χ3v) is 7.61. The highest BCUT2D eigenvalue weighted by molar-refractivity contribution is 5.85. The fraction of sp³-hybridized carbons (Fsp3) is 0.727. The van der Waals surface area contributed by atoms with Crippen LogP contribution in [0.3, 0.4) is 0 Å². The Labute approximate surface area is 177 Å². The maximum Gasteiger partial charge on any atom is 0.128 e. The summed E-state index contributed by atoms with van der Waals surface area (Å²) >= 11 is 0. The number of benzene rings is 1. The number of piperidine rings is 2. The summed E-state index contributed by atoms with van der Waals surface area (Å²) in [4.78, 5) is 2.64. The number of para-hydroxylation sites is 1. The van der Waals surface area contributed by atoms with Gasteiger partial charge in [-0.2, -0.15) is 0 Å². The fourth-order valence-corrected chi connectivity index (χ4v) is 4.91. The van der Waals surface area contributed by atoms with Gasteiger partial charge in [0.15, 0.2) is 0 Å². The Hall–Kier alpha value is -0.480. The van der Waals surface area contributed by atoms with Gasteiger partial charge in [0.25, 0.3) is 0 Å². The molecule has 154 valence electrons. The summed E-state index contributed by atoms with van der Waals surface area (Å²) in [7, 11) is 0. The summed E-state index contributed by atoms with van der Waals surface area (Å²) in [6.07, 6.45) is 5.46. The lowest BCUT2D eigenvalue weighted by Crippen LogP contribution is -2.45. The quantitative estimate of drug-likeness (QED) is 0.740. The Bertz CT molecular complexity index is 644. The van der Waals surface area contributed by atoms with Crippen molar-refractivity contribution in [2.24, 2.45) is 5.41 Å². The first-order chi connectivity index (χ1) is 11.8. The Kier molecular flexibility index (Phi) is 6.84. The van der Waals surface area contributed by atoms with Gasteiger partial charge in [-0.05, 0) is 71.1 Å². The molecule has 0 saturated carbocycles. The molecule has 0 aliphatic carbocycles. The molecule has 3 aliphatic heterocycles. The summed E-state index contributed by atoms with van der Waals surface area (Å²) in [5, 5.41) is 3.52. The lowest BCUT2D eigenvalue weighted by molar-refractivity contribution is 0.0622. The zero-order chi connectivity index (χ0) is 17.7. The maximum absolute atomic E-state index is 6.46. The van der Waals surface area contributed by atoms with E-state index in [-0.39, 0.29) is 35.8 Å². The molecular formula is C22H36Cl2N2O. The van der Waals surface area contributed by atoms with E-state index in [2.05, 4.69) is 56.1 Å². The molecule has 4 rings (SSSR count). The van der Waals surface area contributed by atoms with Gasteiger partial charge in [-0.15, -0.1) is 24.8 Å². The van der Waals surface area contributed by atoms with Crippen LogP contribution >= 0.6 is 24.8 Å². The van der Waals surface area contributed by atoms with Crippen LogP contribution in [-0.4, -0.2) is 36.7 Å². The molecule has 0 atom stereocenters. The van der Waals surface area contributed by atoms with E-state index in [1.54, 1.807) is 0 Å². The zero-order valence-corrected chi connectivity index (χ0v) is 18.9. The average molecular weight is 415 g/mol. The van der Waals surface area contributed by atoms with E-state index in [1.165, 1.54) is 63.0 Å². The van der Waals surface area contributed by atoms with Crippen molar-refractivity contribution >= 4 is 24.8 Å². The molecule has 0 bridgehead atoms. The van der Waals surface area contributed by atoms with Crippen LogP contribution in [0.2, 0.25) is 0 Å². The van der Waals surface area contributed by atoms with E-state index in [1.807, 2.05) is 0 Å². The molecule has 3 heterocycles. The molecule has 0 amide bonds. The van der Waals surface area contributed by atoms with Crippen molar-refractivity contribution in [1.82, 2.24) is 10.2 Å². The normalized spacial score (nSPS) is 25.0. The maximum atomic E-state index is 6.46. The Morgan fingerprint density at radius 1 is 0.963 bits per heavy atom. The van der Waals surface area contributed by atoms with Crippen molar-refractivity contribution in [2.45, 2.75) is 70.9 Å². The van der Waals surface area contributed by atoms with E-state index in [0.29, 0.717) is 5.41 Å². The van der Waals surface area contributed by atoms with Gasteiger partial charge in [-0.3, -0.25) is 4.90 Å². The van der Waals surface area contributed by atoms with E-state index in [4.69, 9.17) is 4.74 Å².